The van der Waals surface area contributed by atoms with Crippen molar-refractivity contribution >= 4 is 9.84 Å². The molecule has 2 rings (SSSR count). The van der Waals surface area contributed by atoms with Crippen molar-refractivity contribution in [2.45, 2.75) is 26.3 Å². The van der Waals surface area contributed by atoms with E-state index in [1.165, 1.54) is 11.1 Å². The Morgan fingerprint density at radius 1 is 1.28 bits per heavy atom. The standard InChI is InChI=1S/C14H21NO2S/c1-2-13-5-3-4-6-14(13)10-15-9-12-7-8-18(16,17)11-12/h3-6,12,15H,2,7-11H2,1H3. The zero-order valence-electron chi connectivity index (χ0n) is 10.9. The molecule has 0 aromatic heterocycles. The van der Waals surface area contributed by atoms with Gasteiger partial charge in [-0.2, -0.15) is 0 Å². The molecule has 1 N–H and O–H groups in total. The molecule has 0 aliphatic carbocycles. The van der Waals surface area contributed by atoms with Crippen LogP contribution < -0.4 is 5.32 Å². The summed E-state index contributed by atoms with van der Waals surface area (Å²) in [5.41, 5.74) is 2.69. The molecule has 1 aliphatic heterocycles. The summed E-state index contributed by atoms with van der Waals surface area (Å²) >= 11 is 0. The molecule has 1 fully saturated rings. The molecular weight excluding hydrogens is 246 g/mol. The van der Waals surface area contributed by atoms with Gasteiger partial charge in [-0.15, -0.1) is 0 Å². The fraction of sp³-hybridized carbons (Fsp3) is 0.571. The molecule has 1 atom stereocenters. The third-order valence-corrected chi connectivity index (χ3v) is 5.41. The lowest BCUT2D eigenvalue weighted by Gasteiger charge is -2.12. The smallest absolute Gasteiger partial charge is 0.150 e. The Hall–Kier alpha value is -0.870. The van der Waals surface area contributed by atoms with E-state index in [0.717, 1.165) is 25.9 Å². The molecule has 1 aliphatic rings. The van der Waals surface area contributed by atoms with Gasteiger partial charge in [0.2, 0.25) is 0 Å². The molecule has 0 spiro atoms. The first-order valence-electron chi connectivity index (χ1n) is 6.58. The molecule has 18 heavy (non-hydrogen) atoms. The van der Waals surface area contributed by atoms with Crippen molar-refractivity contribution in [2.75, 3.05) is 18.1 Å². The Balaban J connectivity index is 1.82. The molecule has 0 amide bonds. The van der Waals surface area contributed by atoms with Gasteiger partial charge in [-0.05, 0) is 36.4 Å². The van der Waals surface area contributed by atoms with Crippen LogP contribution in [0.3, 0.4) is 0 Å². The van der Waals surface area contributed by atoms with Crippen LogP contribution in [0.1, 0.15) is 24.5 Å². The van der Waals surface area contributed by atoms with Crippen LogP contribution in [-0.2, 0) is 22.8 Å². The average molecular weight is 267 g/mol. The van der Waals surface area contributed by atoms with Crippen molar-refractivity contribution in [3.05, 3.63) is 35.4 Å². The maximum atomic E-state index is 11.3. The third-order valence-electron chi connectivity index (χ3n) is 3.57. The molecule has 1 unspecified atom stereocenters. The quantitative estimate of drug-likeness (QED) is 0.884. The molecule has 1 saturated heterocycles. The highest BCUT2D eigenvalue weighted by atomic mass is 32.2. The molecule has 3 nitrogen and oxygen atoms in total. The van der Waals surface area contributed by atoms with E-state index >= 15 is 0 Å². The number of benzene rings is 1. The van der Waals surface area contributed by atoms with Gasteiger partial charge < -0.3 is 5.32 Å². The highest BCUT2D eigenvalue weighted by Crippen LogP contribution is 2.17. The molecule has 100 valence electrons. The monoisotopic (exact) mass is 267 g/mol. The van der Waals surface area contributed by atoms with E-state index < -0.39 is 9.84 Å². The highest BCUT2D eigenvalue weighted by Gasteiger charge is 2.27. The minimum atomic E-state index is -2.74. The van der Waals surface area contributed by atoms with Crippen molar-refractivity contribution in [2.24, 2.45) is 5.92 Å². The molecule has 4 heteroatoms. The molecule has 1 aromatic carbocycles. The van der Waals surface area contributed by atoms with E-state index in [1.807, 2.05) is 0 Å². The Bertz CT molecular complexity index is 496. The summed E-state index contributed by atoms with van der Waals surface area (Å²) < 4.78 is 22.7. The summed E-state index contributed by atoms with van der Waals surface area (Å²) in [5, 5.41) is 3.39. The average Bonchev–Trinajstić information content (AvgIpc) is 2.69. The summed E-state index contributed by atoms with van der Waals surface area (Å²) in [6.07, 6.45) is 1.85. The predicted octanol–water partition coefficient (Wildman–Crippen LogP) is 1.77. The van der Waals surface area contributed by atoms with Crippen molar-refractivity contribution in [1.29, 1.82) is 0 Å². The van der Waals surface area contributed by atoms with E-state index in [-0.39, 0.29) is 0 Å². The van der Waals surface area contributed by atoms with Crippen LogP contribution in [0.15, 0.2) is 24.3 Å². The fourth-order valence-corrected chi connectivity index (χ4v) is 4.38. The van der Waals surface area contributed by atoms with Crippen LogP contribution in [0.2, 0.25) is 0 Å². The van der Waals surface area contributed by atoms with Gasteiger partial charge in [-0.3, -0.25) is 0 Å². The molecule has 0 radical (unpaired) electrons. The molecule has 0 bridgehead atoms. The van der Waals surface area contributed by atoms with Gasteiger partial charge in [0, 0.05) is 6.54 Å². The third kappa shape index (κ3) is 3.56. The van der Waals surface area contributed by atoms with E-state index in [2.05, 4.69) is 36.5 Å². The van der Waals surface area contributed by atoms with E-state index in [0.29, 0.717) is 17.4 Å². The predicted molar refractivity (Wildman–Crippen MR) is 74.3 cm³/mol. The number of hydrogen-bond acceptors (Lipinski definition) is 3. The lowest BCUT2D eigenvalue weighted by atomic mass is 10.0. The van der Waals surface area contributed by atoms with Crippen LogP contribution in [0.25, 0.3) is 0 Å². The van der Waals surface area contributed by atoms with Gasteiger partial charge in [-0.1, -0.05) is 31.2 Å². The number of sulfone groups is 1. The molecular formula is C14H21NO2S. The second-order valence-corrected chi connectivity index (χ2v) is 7.25. The second-order valence-electron chi connectivity index (χ2n) is 5.02. The topological polar surface area (TPSA) is 46.2 Å². The zero-order chi connectivity index (χ0) is 13.0. The minimum Gasteiger partial charge on any atom is -0.312 e. The maximum Gasteiger partial charge on any atom is 0.150 e. The van der Waals surface area contributed by atoms with Crippen molar-refractivity contribution in [3.63, 3.8) is 0 Å². The summed E-state index contributed by atoms with van der Waals surface area (Å²) in [6, 6.07) is 8.40. The lowest BCUT2D eigenvalue weighted by Crippen LogP contribution is -2.23. The first kappa shape index (κ1) is 13.6. The molecule has 0 saturated carbocycles. The van der Waals surface area contributed by atoms with Gasteiger partial charge in [0.05, 0.1) is 11.5 Å². The summed E-state index contributed by atoms with van der Waals surface area (Å²) in [6.45, 7) is 3.79. The highest BCUT2D eigenvalue weighted by molar-refractivity contribution is 7.91. The van der Waals surface area contributed by atoms with Crippen molar-refractivity contribution < 1.29 is 8.42 Å². The largest absolute Gasteiger partial charge is 0.312 e. The van der Waals surface area contributed by atoms with Gasteiger partial charge in [0.25, 0.3) is 0 Å². The molecule has 1 aromatic rings. The Morgan fingerprint density at radius 3 is 2.61 bits per heavy atom. The van der Waals surface area contributed by atoms with E-state index in [9.17, 15) is 8.42 Å². The zero-order valence-corrected chi connectivity index (χ0v) is 11.7. The first-order chi connectivity index (χ1) is 8.61. The van der Waals surface area contributed by atoms with Crippen LogP contribution in [0.4, 0.5) is 0 Å². The minimum absolute atomic E-state index is 0.295. The van der Waals surface area contributed by atoms with Gasteiger partial charge in [0.15, 0.2) is 9.84 Å². The second kappa shape index (κ2) is 5.85. The van der Waals surface area contributed by atoms with Gasteiger partial charge in [-0.25, -0.2) is 8.42 Å². The van der Waals surface area contributed by atoms with Crippen LogP contribution >= 0.6 is 0 Å². The normalized spacial score (nSPS) is 22.2. The first-order valence-corrected chi connectivity index (χ1v) is 8.41. The van der Waals surface area contributed by atoms with Crippen molar-refractivity contribution in [1.82, 2.24) is 5.32 Å². The molecule has 1 heterocycles. The Kier molecular flexibility index (Phi) is 4.40. The lowest BCUT2D eigenvalue weighted by molar-refractivity contribution is 0.520. The van der Waals surface area contributed by atoms with Crippen LogP contribution in [0.5, 0.6) is 0 Å². The van der Waals surface area contributed by atoms with Crippen LogP contribution in [0, 0.1) is 5.92 Å². The van der Waals surface area contributed by atoms with E-state index in [1.54, 1.807) is 0 Å². The Morgan fingerprint density at radius 2 is 2.00 bits per heavy atom. The summed E-state index contributed by atoms with van der Waals surface area (Å²) in [5.74, 6) is 1.02. The number of hydrogen-bond donors (Lipinski definition) is 1. The van der Waals surface area contributed by atoms with E-state index in [4.69, 9.17) is 0 Å². The Labute approximate surface area is 110 Å². The number of aryl methyl sites for hydroxylation is 1. The van der Waals surface area contributed by atoms with Crippen LogP contribution in [-0.4, -0.2) is 26.5 Å². The summed E-state index contributed by atoms with van der Waals surface area (Å²) in [7, 11) is -2.74. The van der Waals surface area contributed by atoms with Gasteiger partial charge in [0.1, 0.15) is 0 Å². The van der Waals surface area contributed by atoms with Crippen molar-refractivity contribution in [3.8, 4) is 0 Å². The fourth-order valence-electron chi connectivity index (χ4n) is 2.52. The maximum absolute atomic E-state index is 11.3. The SMILES string of the molecule is CCc1ccccc1CNCC1CCS(=O)(=O)C1. The number of nitrogens with one attached hydrogen (secondary N) is 1. The number of rotatable bonds is 5. The van der Waals surface area contributed by atoms with Gasteiger partial charge >= 0.3 is 0 Å². The summed E-state index contributed by atoms with van der Waals surface area (Å²) in [4.78, 5) is 0.